The van der Waals surface area contributed by atoms with Gasteiger partial charge in [-0.05, 0) is 37.7 Å². The Morgan fingerprint density at radius 1 is 1.00 bits per heavy atom. The van der Waals surface area contributed by atoms with E-state index in [0.29, 0.717) is 19.1 Å². The third-order valence-corrected chi connectivity index (χ3v) is 7.36. The molecule has 3 heterocycles. The van der Waals surface area contributed by atoms with Gasteiger partial charge in [0.15, 0.2) is 5.82 Å². The van der Waals surface area contributed by atoms with Crippen LogP contribution >= 0.6 is 0 Å². The molecule has 2 amide bonds. The Bertz CT molecular complexity index is 1150. The molecule has 1 unspecified atom stereocenters. The summed E-state index contributed by atoms with van der Waals surface area (Å²) >= 11 is 0. The number of amides is 2. The van der Waals surface area contributed by atoms with Crippen molar-refractivity contribution in [2.24, 2.45) is 0 Å². The van der Waals surface area contributed by atoms with Crippen LogP contribution in [0.2, 0.25) is 0 Å². The first kappa shape index (κ1) is 20.4. The smallest absolute Gasteiger partial charge is 0.318 e. The monoisotopic (exact) mass is 442 g/mol. The van der Waals surface area contributed by atoms with E-state index in [9.17, 15) is 4.79 Å². The summed E-state index contributed by atoms with van der Waals surface area (Å²) in [5.41, 5.74) is 5.48. The molecule has 7 nitrogen and oxygen atoms in total. The minimum absolute atomic E-state index is 0.00186. The maximum atomic E-state index is 13.2. The molecule has 1 N–H and O–H groups in total. The van der Waals surface area contributed by atoms with Crippen molar-refractivity contribution >= 4 is 6.03 Å². The zero-order valence-electron chi connectivity index (χ0n) is 18.9. The number of hydrogen-bond donors (Lipinski definition) is 1. The van der Waals surface area contributed by atoms with Gasteiger partial charge >= 0.3 is 6.03 Å². The lowest BCUT2D eigenvalue weighted by molar-refractivity contribution is 0.186. The van der Waals surface area contributed by atoms with Crippen molar-refractivity contribution in [1.82, 2.24) is 30.0 Å². The van der Waals surface area contributed by atoms with Crippen molar-refractivity contribution in [1.29, 1.82) is 0 Å². The average molecular weight is 443 g/mol. The molecule has 0 spiro atoms. The number of fused-ring (bicyclic) bond motifs is 2. The summed E-state index contributed by atoms with van der Waals surface area (Å²) in [6, 6.07) is 10.6. The van der Waals surface area contributed by atoms with Crippen molar-refractivity contribution in [3.8, 4) is 11.4 Å². The average Bonchev–Trinajstić information content (AvgIpc) is 3.54. The van der Waals surface area contributed by atoms with Gasteiger partial charge in [-0.2, -0.15) is 5.10 Å². The zero-order valence-corrected chi connectivity index (χ0v) is 18.9. The standard InChI is InChI=1S/C26H30N6O/c33-26(29-23-12-6-9-19-17-32(30-24(19)23)21-10-4-5-11-21)31-14-13-22-20(16-31)15-27-25(28-22)18-7-2-1-3-8-18/h1-3,7-8,15,17,21,23H,4-6,9-14,16H2,(H,29,33). The van der Waals surface area contributed by atoms with E-state index in [1.807, 2.05) is 41.4 Å². The normalized spacial score (nSPS) is 20.4. The molecule has 0 bridgehead atoms. The van der Waals surface area contributed by atoms with Crippen LogP contribution in [-0.4, -0.2) is 37.2 Å². The SMILES string of the molecule is O=C(NC1CCCc2cn(C3CCCC3)nc21)N1CCc2nc(-c3ccccc3)ncc2C1. The van der Waals surface area contributed by atoms with Gasteiger partial charge in [-0.15, -0.1) is 0 Å². The number of urea groups is 1. The van der Waals surface area contributed by atoms with Crippen molar-refractivity contribution in [2.75, 3.05) is 6.54 Å². The molecule has 1 saturated carbocycles. The van der Waals surface area contributed by atoms with Crippen LogP contribution in [0.1, 0.15) is 73.1 Å². The van der Waals surface area contributed by atoms with Crippen LogP contribution in [0.25, 0.3) is 11.4 Å². The predicted molar refractivity (Wildman–Crippen MR) is 126 cm³/mol. The summed E-state index contributed by atoms with van der Waals surface area (Å²) in [7, 11) is 0. The second-order valence-corrected chi connectivity index (χ2v) is 9.56. The van der Waals surface area contributed by atoms with Crippen molar-refractivity contribution < 1.29 is 4.79 Å². The van der Waals surface area contributed by atoms with Crippen molar-refractivity contribution in [3.05, 3.63) is 65.2 Å². The Hall–Kier alpha value is -3.22. The van der Waals surface area contributed by atoms with Gasteiger partial charge in [-0.3, -0.25) is 4.68 Å². The van der Waals surface area contributed by atoms with Crippen LogP contribution in [0.4, 0.5) is 4.79 Å². The number of nitrogens with zero attached hydrogens (tertiary/aromatic N) is 5. The van der Waals surface area contributed by atoms with E-state index >= 15 is 0 Å². The van der Waals surface area contributed by atoms with Crippen molar-refractivity contribution in [3.63, 3.8) is 0 Å². The summed E-state index contributed by atoms with van der Waals surface area (Å²) in [5, 5.41) is 8.24. The Morgan fingerprint density at radius 3 is 2.70 bits per heavy atom. The molecule has 33 heavy (non-hydrogen) atoms. The molecule has 1 aromatic carbocycles. The predicted octanol–water partition coefficient (Wildman–Crippen LogP) is 4.60. The van der Waals surface area contributed by atoms with Crippen LogP contribution in [0.3, 0.4) is 0 Å². The molecule has 3 aliphatic rings. The maximum absolute atomic E-state index is 13.2. The van der Waals surface area contributed by atoms with E-state index < -0.39 is 0 Å². The second kappa shape index (κ2) is 8.61. The molecule has 0 saturated heterocycles. The first-order valence-electron chi connectivity index (χ1n) is 12.3. The number of benzene rings is 1. The molecule has 3 aromatic rings. The van der Waals surface area contributed by atoms with E-state index in [1.165, 1.54) is 31.2 Å². The molecular weight excluding hydrogens is 412 g/mol. The van der Waals surface area contributed by atoms with Crippen LogP contribution < -0.4 is 5.32 Å². The lowest BCUT2D eigenvalue weighted by atomic mass is 9.94. The highest BCUT2D eigenvalue weighted by molar-refractivity contribution is 5.75. The number of aromatic nitrogens is 4. The van der Waals surface area contributed by atoms with E-state index in [-0.39, 0.29) is 12.1 Å². The van der Waals surface area contributed by atoms with Gasteiger partial charge in [0.25, 0.3) is 0 Å². The van der Waals surface area contributed by atoms with E-state index in [1.54, 1.807) is 0 Å². The molecule has 0 radical (unpaired) electrons. The molecule has 6 rings (SSSR count). The van der Waals surface area contributed by atoms with Crippen LogP contribution in [-0.2, 0) is 19.4 Å². The van der Waals surface area contributed by atoms with Gasteiger partial charge in [0, 0.05) is 36.5 Å². The molecule has 1 fully saturated rings. The van der Waals surface area contributed by atoms with Crippen molar-refractivity contribution in [2.45, 2.75) is 70.0 Å². The summed E-state index contributed by atoms with van der Waals surface area (Å²) in [6.07, 6.45) is 13.0. The Morgan fingerprint density at radius 2 is 1.85 bits per heavy atom. The number of hydrogen-bond acceptors (Lipinski definition) is 4. The maximum Gasteiger partial charge on any atom is 0.318 e. The van der Waals surface area contributed by atoms with Crippen LogP contribution in [0.5, 0.6) is 0 Å². The van der Waals surface area contributed by atoms with E-state index in [0.717, 1.165) is 54.0 Å². The van der Waals surface area contributed by atoms with Gasteiger partial charge in [-0.1, -0.05) is 43.2 Å². The summed E-state index contributed by atoms with van der Waals surface area (Å²) in [4.78, 5) is 24.4. The highest BCUT2D eigenvalue weighted by Gasteiger charge is 2.30. The third kappa shape index (κ3) is 4.01. The van der Waals surface area contributed by atoms with Gasteiger partial charge in [-0.25, -0.2) is 14.8 Å². The zero-order chi connectivity index (χ0) is 22.2. The lowest BCUT2D eigenvalue weighted by Crippen LogP contribution is -2.45. The fourth-order valence-electron chi connectivity index (χ4n) is 5.52. The lowest BCUT2D eigenvalue weighted by Gasteiger charge is -2.31. The fraction of sp³-hybridized carbons (Fsp3) is 0.462. The van der Waals surface area contributed by atoms with Crippen LogP contribution in [0, 0.1) is 0 Å². The molecule has 2 aliphatic carbocycles. The third-order valence-electron chi connectivity index (χ3n) is 7.36. The Balaban J connectivity index is 1.15. The van der Waals surface area contributed by atoms with Gasteiger partial charge < -0.3 is 10.2 Å². The van der Waals surface area contributed by atoms with Gasteiger partial charge in [0.05, 0.1) is 30.0 Å². The highest BCUT2D eigenvalue weighted by Crippen LogP contribution is 2.34. The molecular formula is C26H30N6O. The quantitative estimate of drug-likeness (QED) is 0.643. The number of rotatable bonds is 3. The summed E-state index contributed by atoms with van der Waals surface area (Å²) in [6.45, 7) is 1.21. The molecule has 170 valence electrons. The van der Waals surface area contributed by atoms with E-state index in [2.05, 4.69) is 21.2 Å². The largest absolute Gasteiger partial charge is 0.330 e. The Kier molecular flexibility index (Phi) is 5.32. The molecule has 2 aromatic heterocycles. The minimum atomic E-state index is -0.0129. The summed E-state index contributed by atoms with van der Waals surface area (Å²) < 4.78 is 2.18. The second-order valence-electron chi connectivity index (χ2n) is 9.56. The Labute approximate surface area is 194 Å². The minimum Gasteiger partial charge on any atom is -0.330 e. The number of aryl methyl sites for hydroxylation is 1. The van der Waals surface area contributed by atoms with Gasteiger partial charge in [0.1, 0.15) is 0 Å². The highest BCUT2D eigenvalue weighted by atomic mass is 16.2. The molecule has 1 aliphatic heterocycles. The van der Waals surface area contributed by atoms with Crippen LogP contribution in [0.15, 0.2) is 42.7 Å². The topological polar surface area (TPSA) is 75.9 Å². The first-order chi connectivity index (χ1) is 16.2. The molecule has 7 heteroatoms. The number of nitrogens with one attached hydrogen (secondary N) is 1. The molecule has 1 atom stereocenters. The number of carbonyl (C=O) groups is 1. The summed E-state index contributed by atoms with van der Waals surface area (Å²) in [5.74, 6) is 0.750. The first-order valence-corrected chi connectivity index (χ1v) is 12.3. The fourth-order valence-corrected chi connectivity index (χ4v) is 5.52. The van der Waals surface area contributed by atoms with E-state index in [4.69, 9.17) is 10.1 Å². The number of carbonyl (C=O) groups excluding carboxylic acids is 1. The van der Waals surface area contributed by atoms with Gasteiger partial charge in [0.2, 0.25) is 0 Å².